The molecule has 1 aliphatic rings. The highest BCUT2D eigenvalue weighted by Crippen LogP contribution is 2.23. The molecule has 2 N–H and O–H groups in total. The number of aliphatic hydroxyl groups excluding tert-OH is 1. The van der Waals surface area contributed by atoms with Crippen molar-refractivity contribution >= 4 is 11.9 Å². The van der Waals surface area contributed by atoms with Gasteiger partial charge < -0.3 is 19.8 Å². The number of ether oxygens (including phenoxy) is 1. The van der Waals surface area contributed by atoms with Gasteiger partial charge in [0.25, 0.3) is 5.91 Å². The molecule has 0 spiro atoms. The molecule has 0 aromatic heterocycles. The Balaban J connectivity index is 2.03. The SMILES string of the molecule is Cc1cccc(C)c1OCC(=O)N1C[C@@H](O)C[C@H]1C(=O)O. The fourth-order valence-corrected chi connectivity index (χ4v) is 2.57. The van der Waals surface area contributed by atoms with Crippen LogP contribution in [0, 0.1) is 13.8 Å². The third kappa shape index (κ3) is 3.33. The van der Waals surface area contributed by atoms with Gasteiger partial charge in [0.2, 0.25) is 0 Å². The highest BCUT2D eigenvalue weighted by Gasteiger charge is 2.38. The lowest BCUT2D eigenvalue weighted by Crippen LogP contribution is -2.43. The minimum absolute atomic E-state index is 0.0336. The maximum absolute atomic E-state index is 12.1. The molecule has 0 bridgehead atoms. The predicted octanol–water partition coefficient (Wildman–Crippen LogP) is 0.729. The number of carboxylic acids is 1. The van der Waals surface area contributed by atoms with Crippen LogP contribution in [0.5, 0.6) is 5.75 Å². The second-order valence-corrected chi connectivity index (χ2v) is 5.30. The number of aryl methyl sites for hydroxylation is 2. The van der Waals surface area contributed by atoms with E-state index < -0.39 is 24.0 Å². The van der Waals surface area contributed by atoms with Crippen molar-refractivity contribution in [2.45, 2.75) is 32.4 Å². The molecule has 114 valence electrons. The van der Waals surface area contributed by atoms with Crippen molar-refractivity contribution in [1.82, 2.24) is 4.90 Å². The van der Waals surface area contributed by atoms with Gasteiger partial charge in [0, 0.05) is 13.0 Å². The van der Waals surface area contributed by atoms with Gasteiger partial charge >= 0.3 is 5.97 Å². The van der Waals surface area contributed by atoms with Gasteiger partial charge in [-0.1, -0.05) is 18.2 Å². The van der Waals surface area contributed by atoms with Crippen LogP contribution in [0.4, 0.5) is 0 Å². The maximum atomic E-state index is 12.1. The number of hydrogen-bond acceptors (Lipinski definition) is 4. The molecule has 0 unspecified atom stereocenters. The van der Waals surface area contributed by atoms with Crippen molar-refractivity contribution in [3.63, 3.8) is 0 Å². The number of rotatable bonds is 4. The van der Waals surface area contributed by atoms with E-state index >= 15 is 0 Å². The van der Waals surface area contributed by atoms with Crippen molar-refractivity contribution in [2.75, 3.05) is 13.2 Å². The topological polar surface area (TPSA) is 87.1 Å². The van der Waals surface area contributed by atoms with Crippen LogP contribution in [0.2, 0.25) is 0 Å². The minimum Gasteiger partial charge on any atom is -0.483 e. The zero-order valence-electron chi connectivity index (χ0n) is 12.1. The standard InChI is InChI=1S/C15H19NO5/c1-9-4-3-5-10(2)14(9)21-8-13(18)16-7-11(17)6-12(16)15(19)20/h3-5,11-12,17H,6-8H2,1-2H3,(H,19,20)/t11-,12-/m0/s1. The largest absolute Gasteiger partial charge is 0.483 e. The molecule has 1 fully saturated rings. The summed E-state index contributed by atoms with van der Waals surface area (Å²) in [5, 5.41) is 18.6. The average molecular weight is 293 g/mol. The lowest BCUT2D eigenvalue weighted by Gasteiger charge is -2.21. The van der Waals surface area contributed by atoms with Gasteiger partial charge in [-0.2, -0.15) is 0 Å². The van der Waals surface area contributed by atoms with Crippen LogP contribution in [0.1, 0.15) is 17.5 Å². The first-order valence-corrected chi connectivity index (χ1v) is 6.79. The van der Waals surface area contributed by atoms with Gasteiger partial charge in [-0.3, -0.25) is 4.79 Å². The number of aliphatic carboxylic acids is 1. The number of carboxylic acid groups (broad SMARTS) is 1. The van der Waals surface area contributed by atoms with Crippen LogP contribution < -0.4 is 4.74 Å². The summed E-state index contributed by atoms with van der Waals surface area (Å²) < 4.78 is 5.54. The Hall–Kier alpha value is -2.08. The first-order chi connectivity index (χ1) is 9.90. The quantitative estimate of drug-likeness (QED) is 0.854. The van der Waals surface area contributed by atoms with Gasteiger partial charge in [-0.25, -0.2) is 4.79 Å². The van der Waals surface area contributed by atoms with Crippen LogP contribution in [-0.4, -0.2) is 52.3 Å². The molecule has 0 aliphatic carbocycles. The first kappa shape index (κ1) is 15.3. The van der Waals surface area contributed by atoms with E-state index in [9.17, 15) is 14.7 Å². The summed E-state index contributed by atoms with van der Waals surface area (Å²) in [6.07, 6.45) is -0.736. The fraction of sp³-hybridized carbons (Fsp3) is 0.467. The lowest BCUT2D eigenvalue weighted by molar-refractivity contribution is -0.149. The summed E-state index contributed by atoms with van der Waals surface area (Å²) in [4.78, 5) is 24.4. The number of aliphatic hydroxyl groups is 1. The second kappa shape index (κ2) is 6.13. The number of nitrogens with zero attached hydrogens (tertiary/aromatic N) is 1. The van der Waals surface area contributed by atoms with E-state index in [0.29, 0.717) is 5.75 Å². The van der Waals surface area contributed by atoms with Crippen LogP contribution in [-0.2, 0) is 9.59 Å². The normalized spacial score (nSPS) is 21.4. The molecule has 0 radical (unpaired) electrons. The van der Waals surface area contributed by atoms with E-state index in [1.807, 2.05) is 32.0 Å². The van der Waals surface area contributed by atoms with Crippen molar-refractivity contribution in [2.24, 2.45) is 0 Å². The Bertz CT molecular complexity index is 537. The summed E-state index contributed by atoms with van der Waals surface area (Å²) in [6, 6.07) is 4.68. The maximum Gasteiger partial charge on any atom is 0.326 e. The van der Waals surface area contributed by atoms with Gasteiger partial charge in [0.1, 0.15) is 11.8 Å². The highest BCUT2D eigenvalue weighted by atomic mass is 16.5. The van der Waals surface area contributed by atoms with E-state index in [1.165, 1.54) is 4.90 Å². The fourth-order valence-electron chi connectivity index (χ4n) is 2.57. The van der Waals surface area contributed by atoms with Crippen molar-refractivity contribution in [1.29, 1.82) is 0 Å². The van der Waals surface area contributed by atoms with Crippen LogP contribution >= 0.6 is 0 Å². The molecule has 1 amide bonds. The molecule has 1 saturated heterocycles. The number of likely N-dealkylation sites (tertiary alicyclic amines) is 1. The van der Waals surface area contributed by atoms with Crippen LogP contribution in [0.15, 0.2) is 18.2 Å². The zero-order chi connectivity index (χ0) is 15.6. The summed E-state index contributed by atoms with van der Waals surface area (Å²) >= 11 is 0. The number of amides is 1. The highest BCUT2D eigenvalue weighted by molar-refractivity contribution is 5.85. The molecule has 6 nitrogen and oxygen atoms in total. The summed E-state index contributed by atoms with van der Waals surface area (Å²) in [5.74, 6) is -0.897. The van der Waals surface area contributed by atoms with Crippen molar-refractivity contribution in [3.8, 4) is 5.75 Å². The van der Waals surface area contributed by atoms with E-state index in [1.54, 1.807) is 0 Å². The Morgan fingerprint density at radius 1 is 1.33 bits per heavy atom. The number of para-hydroxylation sites is 1. The Morgan fingerprint density at radius 3 is 2.52 bits per heavy atom. The third-order valence-corrected chi connectivity index (χ3v) is 3.63. The molecule has 6 heteroatoms. The minimum atomic E-state index is -1.10. The Labute approximate surface area is 122 Å². The number of carbonyl (C=O) groups excluding carboxylic acids is 1. The molecule has 1 heterocycles. The number of carbonyl (C=O) groups is 2. The lowest BCUT2D eigenvalue weighted by atomic mass is 10.1. The first-order valence-electron chi connectivity index (χ1n) is 6.79. The number of benzene rings is 1. The third-order valence-electron chi connectivity index (χ3n) is 3.63. The van der Waals surface area contributed by atoms with Gasteiger partial charge in [0.05, 0.1) is 6.10 Å². The van der Waals surface area contributed by atoms with Gasteiger partial charge in [-0.15, -0.1) is 0 Å². The predicted molar refractivity (Wildman–Crippen MR) is 75.2 cm³/mol. The molecule has 1 aliphatic heterocycles. The molecular formula is C15H19NO5. The second-order valence-electron chi connectivity index (χ2n) is 5.30. The molecule has 1 aromatic rings. The van der Waals surface area contributed by atoms with Crippen molar-refractivity contribution < 1.29 is 24.5 Å². The van der Waals surface area contributed by atoms with Crippen molar-refractivity contribution in [3.05, 3.63) is 29.3 Å². The summed E-state index contributed by atoms with van der Waals surface area (Å²) in [6.45, 7) is 3.56. The Kier molecular flexibility index (Phi) is 4.47. The van der Waals surface area contributed by atoms with Crippen LogP contribution in [0.3, 0.4) is 0 Å². The monoisotopic (exact) mass is 293 g/mol. The summed E-state index contributed by atoms with van der Waals surface area (Å²) in [7, 11) is 0. The van der Waals surface area contributed by atoms with Crippen LogP contribution in [0.25, 0.3) is 0 Å². The number of hydrogen-bond donors (Lipinski definition) is 2. The molecule has 0 saturated carbocycles. The average Bonchev–Trinajstić information content (AvgIpc) is 2.80. The smallest absolute Gasteiger partial charge is 0.326 e. The zero-order valence-corrected chi connectivity index (χ0v) is 12.1. The molecular weight excluding hydrogens is 274 g/mol. The molecule has 21 heavy (non-hydrogen) atoms. The Morgan fingerprint density at radius 2 is 1.95 bits per heavy atom. The van der Waals surface area contributed by atoms with E-state index in [-0.39, 0.29) is 19.6 Å². The molecule has 2 rings (SSSR count). The van der Waals surface area contributed by atoms with E-state index in [0.717, 1.165) is 11.1 Å². The van der Waals surface area contributed by atoms with Gasteiger partial charge in [-0.05, 0) is 25.0 Å². The summed E-state index contributed by atoms with van der Waals surface area (Å²) in [5.41, 5.74) is 1.83. The van der Waals surface area contributed by atoms with Gasteiger partial charge in [0.15, 0.2) is 6.61 Å². The van der Waals surface area contributed by atoms with E-state index in [4.69, 9.17) is 9.84 Å². The molecule has 2 atom stereocenters. The molecule has 1 aromatic carbocycles. The van der Waals surface area contributed by atoms with E-state index in [2.05, 4.69) is 0 Å². The number of β-amino-alcohol motifs (C(OH)–C–C–N with tert-alkyl or cyclic N) is 1.